The summed E-state index contributed by atoms with van der Waals surface area (Å²) in [5.74, 6) is 0. The monoisotopic (exact) mass is 281 g/mol. The maximum atomic E-state index is 12.8. The molecule has 0 saturated heterocycles. The van der Waals surface area contributed by atoms with Crippen LogP contribution in [0.3, 0.4) is 0 Å². The van der Waals surface area contributed by atoms with Gasteiger partial charge in [-0.05, 0) is 36.7 Å². The quantitative estimate of drug-likeness (QED) is 0.871. The molecule has 1 aliphatic heterocycles. The van der Waals surface area contributed by atoms with E-state index >= 15 is 0 Å². The molecule has 3 rings (SSSR count). The Morgan fingerprint density at radius 2 is 2.10 bits per heavy atom. The number of hydrogen-bond acceptors (Lipinski definition) is 2. The minimum absolute atomic E-state index is 0.565. The van der Waals surface area contributed by atoms with E-state index in [1.807, 2.05) is 6.08 Å². The number of aryl methyl sites for hydroxylation is 1. The van der Waals surface area contributed by atoms with Gasteiger partial charge in [-0.2, -0.15) is 18.3 Å². The van der Waals surface area contributed by atoms with Gasteiger partial charge in [0.2, 0.25) is 0 Å². The van der Waals surface area contributed by atoms with Crippen molar-refractivity contribution in [3.8, 4) is 0 Å². The lowest BCUT2D eigenvalue weighted by Crippen LogP contribution is -2.20. The van der Waals surface area contributed by atoms with Gasteiger partial charge in [-0.15, -0.1) is 0 Å². The molecule has 6 heteroatoms. The van der Waals surface area contributed by atoms with Gasteiger partial charge >= 0.3 is 6.18 Å². The van der Waals surface area contributed by atoms with Crippen molar-refractivity contribution >= 4 is 16.5 Å². The van der Waals surface area contributed by atoms with E-state index in [1.54, 1.807) is 11.7 Å². The summed E-state index contributed by atoms with van der Waals surface area (Å²) < 4.78 is 40.2. The largest absolute Gasteiger partial charge is 0.416 e. The average Bonchev–Trinajstić information content (AvgIpc) is 2.76. The Kier molecular flexibility index (Phi) is 3.05. The van der Waals surface area contributed by atoms with E-state index in [-0.39, 0.29) is 0 Å². The smallest absolute Gasteiger partial charge is 0.313 e. The molecule has 0 bridgehead atoms. The van der Waals surface area contributed by atoms with E-state index in [4.69, 9.17) is 0 Å². The molecular formula is C14H14F3N3. The fourth-order valence-electron chi connectivity index (χ4n) is 2.52. The van der Waals surface area contributed by atoms with E-state index in [1.165, 1.54) is 12.1 Å². The van der Waals surface area contributed by atoms with Crippen LogP contribution in [0.5, 0.6) is 0 Å². The predicted molar refractivity (Wildman–Crippen MR) is 71.2 cm³/mol. The van der Waals surface area contributed by atoms with E-state index < -0.39 is 11.7 Å². The fraction of sp³-hybridized carbons (Fsp3) is 0.357. The molecule has 2 aromatic rings. The lowest BCUT2D eigenvalue weighted by molar-refractivity contribution is -0.137. The Morgan fingerprint density at radius 1 is 1.30 bits per heavy atom. The van der Waals surface area contributed by atoms with Crippen LogP contribution >= 0.6 is 0 Å². The first-order valence-corrected chi connectivity index (χ1v) is 6.41. The topological polar surface area (TPSA) is 29.9 Å². The Bertz CT molecular complexity index is 683. The first kappa shape index (κ1) is 13.2. The molecule has 3 nitrogen and oxygen atoms in total. The van der Waals surface area contributed by atoms with Crippen LogP contribution in [0.4, 0.5) is 13.2 Å². The SMILES string of the molecule is Cn1nc(C2=CCNCC2)c2cc(C(F)(F)F)ccc21. The second kappa shape index (κ2) is 4.63. The number of aromatic nitrogens is 2. The van der Waals surface area contributed by atoms with Crippen molar-refractivity contribution in [2.75, 3.05) is 13.1 Å². The molecule has 0 aliphatic carbocycles. The molecule has 20 heavy (non-hydrogen) atoms. The maximum Gasteiger partial charge on any atom is 0.416 e. The second-order valence-electron chi connectivity index (χ2n) is 4.89. The van der Waals surface area contributed by atoms with Crippen LogP contribution in [-0.2, 0) is 13.2 Å². The van der Waals surface area contributed by atoms with Gasteiger partial charge in [-0.25, -0.2) is 0 Å². The first-order chi connectivity index (χ1) is 9.47. The van der Waals surface area contributed by atoms with Crippen LogP contribution in [-0.4, -0.2) is 22.9 Å². The molecule has 0 saturated carbocycles. The lowest BCUT2D eigenvalue weighted by Gasteiger charge is -2.12. The second-order valence-corrected chi connectivity index (χ2v) is 4.89. The summed E-state index contributed by atoms with van der Waals surface area (Å²) >= 11 is 0. The van der Waals surface area contributed by atoms with Crippen LogP contribution in [0, 0.1) is 0 Å². The summed E-state index contributed by atoms with van der Waals surface area (Å²) in [5.41, 5.74) is 1.75. The number of alkyl halides is 3. The number of nitrogens with one attached hydrogen (secondary N) is 1. The summed E-state index contributed by atoms with van der Waals surface area (Å²) in [6.07, 6.45) is -1.56. The Hall–Kier alpha value is -1.82. The summed E-state index contributed by atoms with van der Waals surface area (Å²) in [6, 6.07) is 3.78. The van der Waals surface area contributed by atoms with Crippen LogP contribution in [0.25, 0.3) is 16.5 Å². The summed E-state index contributed by atoms with van der Waals surface area (Å²) in [6.45, 7) is 1.55. The van der Waals surface area contributed by atoms with Gasteiger partial charge in [-0.1, -0.05) is 6.08 Å². The molecule has 1 aromatic carbocycles. The number of benzene rings is 1. The lowest BCUT2D eigenvalue weighted by atomic mass is 10.0. The molecule has 1 aromatic heterocycles. The number of nitrogens with zero attached hydrogens (tertiary/aromatic N) is 2. The third-order valence-electron chi connectivity index (χ3n) is 3.55. The van der Waals surface area contributed by atoms with Gasteiger partial charge in [0.25, 0.3) is 0 Å². The number of fused-ring (bicyclic) bond motifs is 1. The molecule has 2 heterocycles. The third kappa shape index (κ3) is 2.20. The Labute approximate surface area is 114 Å². The highest BCUT2D eigenvalue weighted by atomic mass is 19.4. The first-order valence-electron chi connectivity index (χ1n) is 6.41. The van der Waals surface area contributed by atoms with Crippen molar-refractivity contribution in [1.82, 2.24) is 15.1 Å². The predicted octanol–water partition coefficient (Wildman–Crippen LogP) is 2.97. The van der Waals surface area contributed by atoms with Crippen LogP contribution in [0.2, 0.25) is 0 Å². The van der Waals surface area contributed by atoms with Crippen LogP contribution in [0.15, 0.2) is 24.3 Å². The van der Waals surface area contributed by atoms with E-state index in [9.17, 15) is 13.2 Å². The molecule has 0 spiro atoms. The molecule has 0 fully saturated rings. The third-order valence-corrected chi connectivity index (χ3v) is 3.55. The van der Waals surface area contributed by atoms with E-state index in [0.29, 0.717) is 16.6 Å². The fourth-order valence-corrected chi connectivity index (χ4v) is 2.52. The van der Waals surface area contributed by atoms with E-state index in [0.717, 1.165) is 31.1 Å². The van der Waals surface area contributed by atoms with Gasteiger partial charge < -0.3 is 5.32 Å². The van der Waals surface area contributed by atoms with Gasteiger partial charge in [0.15, 0.2) is 0 Å². The Morgan fingerprint density at radius 3 is 2.75 bits per heavy atom. The van der Waals surface area contributed by atoms with Crippen molar-refractivity contribution in [2.45, 2.75) is 12.6 Å². The standard InChI is InChI=1S/C14H14F3N3/c1-20-12-3-2-10(14(15,16)17)8-11(12)13(19-20)9-4-6-18-7-5-9/h2-4,8,18H,5-7H2,1H3. The number of halogens is 3. The van der Waals surface area contributed by atoms with Crippen LogP contribution < -0.4 is 5.32 Å². The minimum Gasteiger partial charge on any atom is -0.313 e. The van der Waals surface area contributed by atoms with Crippen molar-refractivity contribution in [2.24, 2.45) is 7.05 Å². The normalized spacial score (nSPS) is 16.5. The molecule has 0 amide bonds. The Balaban J connectivity index is 2.19. The van der Waals surface area contributed by atoms with Gasteiger partial charge in [0.1, 0.15) is 0 Å². The zero-order chi connectivity index (χ0) is 14.3. The average molecular weight is 281 g/mol. The summed E-state index contributed by atoms with van der Waals surface area (Å²) in [5, 5.41) is 8.14. The maximum absolute atomic E-state index is 12.8. The molecule has 0 radical (unpaired) electrons. The van der Waals surface area contributed by atoms with Crippen molar-refractivity contribution < 1.29 is 13.2 Å². The van der Waals surface area contributed by atoms with Gasteiger partial charge in [-0.3, -0.25) is 4.68 Å². The number of rotatable bonds is 1. The molecule has 0 unspecified atom stereocenters. The number of hydrogen-bond donors (Lipinski definition) is 1. The summed E-state index contributed by atoms with van der Waals surface area (Å²) in [4.78, 5) is 0. The van der Waals surface area contributed by atoms with Crippen molar-refractivity contribution in [3.63, 3.8) is 0 Å². The highest BCUT2D eigenvalue weighted by molar-refractivity contribution is 5.91. The van der Waals surface area contributed by atoms with Crippen LogP contribution in [0.1, 0.15) is 17.7 Å². The van der Waals surface area contributed by atoms with Crippen molar-refractivity contribution in [3.05, 3.63) is 35.5 Å². The minimum atomic E-state index is -4.33. The molecule has 1 aliphatic rings. The van der Waals surface area contributed by atoms with Gasteiger partial charge in [0, 0.05) is 19.0 Å². The molecule has 1 N–H and O–H groups in total. The highest BCUT2D eigenvalue weighted by Crippen LogP contribution is 2.34. The van der Waals surface area contributed by atoms with Crippen molar-refractivity contribution in [1.29, 1.82) is 0 Å². The van der Waals surface area contributed by atoms with Gasteiger partial charge in [0.05, 0.1) is 16.8 Å². The molecule has 106 valence electrons. The molecule has 0 atom stereocenters. The zero-order valence-electron chi connectivity index (χ0n) is 11.0. The van der Waals surface area contributed by atoms with E-state index in [2.05, 4.69) is 10.4 Å². The highest BCUT2D eigenvalue weighted by Gasteiger charge is 2.31. The summed E-state index contributed by atoms with van der Waals surface area (Å²) in [7, 11) is 1.75. The zero-order valence-corrected chi connectivity index (χ0v) is 11.0. The molecular weight excluding hydrogens is 267 g/mol.